The highest BCUT2D eigenvalue weighted by molar-refractivity contribution is 4.84. The van der Waals surface area contributed by atoms with E-state index in [1.165, 1.54) is 0 Å². The van der Waals surface area contributed by atoms with E-state index in [-0.39, 0.29) is 6.10 Å². The molecule has 0 aromatic carbocycles. The van der Waals surface area contributed by atoms with E-state index in [4.69, 9.17) is 4.74 Å². The third-order valence-electron chi connectivity index (χ3n) is 1.89. The Morgan fingerprint density at radius 1 is 1.25 bits per heavy atom. The molecule has 0 aromatic rings. The van der Waals surface area contributed by atoms with Crippen molar-refractivity contribution < 1.29 is 17.9 Å². The molecule has 0 saturated carbocycles. The lowest BCUT2D eigenvalue weighted by Gasteiger charge is -2.36. The molecular weight excluding hydrogens is 171 g/mol. The molecule has 0 unspecified atom stereocenters. The van der Waals surface area contributed by atoms with Gasteiger partial charge in [0.1, 0.15) is 0 Å². The minimum Gasteiger partial charge on any atom is -0.360 e. The lowest BCUT2D eigenvalue weighted by atomic mass is 10.1. The van der Waals surface area contributed by atoms with Crippen LogP contribution in [0.5, 0.6) is 0 Å². The Morgan fingerprint density at radius 3 is 2.00 bits per heavy atom. The molecular formula is C7H12F3NO. The Hall–Kier alpha value is -0.290. The van der Waals surface area contributed by atoms with Gasteiger partial charge in [-0.25, -0.2) is 0 Å². The van der Waals surface area contributed by atoms with E-state index in [1.807, 2.05) is 0 Å². The zero-order valence-corrected chi connectivity index (χ0v) is 7.03. The van der Waals surface area contributed by atoms with Gasteiger partial charge in [-0.15, -0.1) is 0 Å². The number of nitrogens with one attached hydrogen (secondary N) is 1. The highest BCUT2D eigenvalue weighted by Crippen LogP contribution is 2.34. The summed E-state index contributed by atoms with van der Waals surface area (Å²) in [7, 11) is 0. The normalized spacial score (nSPS) is 20.8. The molecule has 0 atom stereocenters. The third-order valence-corrected chi connectivity index (χ3v) is 1.89. The molecule has 1 aliphatic rings. The second-order valence-electron chi connectivity index (χ2n) is 3.41. The second-order valence-corrected chi connectivity index (χ2v) is 3.41. The Labute approximate surface area is 69.1 Å². The molecule has 12 heavy (non-hydrogen) atoms. The summed E-state index contributed by atoms with van der Waals surface area (Å²) in [5.74, 6) is 0. The number of ether oxygens (including phenoxy) is 1. The molecule has 1 aliphatic heterocycles. The molecule has 0 radical (unpaired) electrons. The summed E-state index contributed by atoms with van der Waals surface area (Å²) in [6, 6.07) is 0. The van der Waals surface area contributed by atoms with E-state index < -0.39 is 11.8 Å². The number of alkyl halides is 3. The monoisotopic (exact) mass is 183 g/mol. The van der Waals surface area contributed by atoms with Crippen LogP contribution in [0.25, 0.3) is 0 Å². The highest BCUT2D eigenvalue weighted by atomic mass is 19.4. The first-order chi connectivity index (χ1) is 5.33. The fourth-order valence-electron chi connectivity index (χ4n) is 0.829. The molecule has 0 amide bonds. The van der Waals surface area contributed by atoms with E-state index in [9.17, 15) is 13.2 Å². The van der Waals surface area contributed by atoms with E-state index in [0.717, 1.165) is 13.8 Å². The Kier molecular flexibility index (Phi) is 2.35. The second kappa shape index (κ2) is 2.88. The molecule has 1 rings (SSSR count). The van der Waals surface area contributed by atoms with Crippen LogP contribution in [0.2, 0.25) is 0 Å². The summed E-state index contributed by atoms with van der Waals surface area (Å²) in [5, 5.41) is 2.84. The van der Waals surface area contributed by atoms with Gasteiger partial charge in [-0.1, -0.05) is 0 Å². The van der Waals surface area contributed by atoms with Gasteiger partial charge in [0, 0.05) is 13.1 Å². The third kappa shape index (κ3) is 1.90. The number of halogens is 3. The molecule has 5 heteroatoms. The van der Waals surface area contributed by atoms with Gasteiger partial charge in [-0.05, 0) is 13.8 Å². The zero-order chi connectivity index (χ0) is 9.41. The molecule has 1 fully saturated rings. The minimum absolute atomic E-state index is 0.290. The zero-order valence-electron chi connectivity index (χ0n) is 7.03. The van der Waals surface area contributed by atoms with Crippen molar-refractivity contribution in [3.8, 4) is 0 Å². The van der Waals surface area contributed by atoms with Gasteiger partial charge in [0.15, 0.2) is 5.60 Å². The van der Waals surface area contributed by atoms with Crippen LogP contribution in [0.4, 0.5) is 13.2 Å². The van der Waals surface area contributed by atoms with Crippen LogP contribution in [0.15, 0.2) is 0 Å². The summed E-state index contributed by atoms with van der Waals surface area (Å²) in [6.45, 7) is 3.12. The first-order valence-electron chi connectivity index (χ1n) is 3.78. The molecule has 1 heterocycles. The summed E-state index contributed by atoms with van der Waals surface area (Å²) >= 11 is 0. The number of hydrogen-bond acceptors (Lipinski definition) is 2. The molecule has 0 spiro atoms. The maximum atomic E-state index is 12.2. The molecule has 1 saturated heterocycles. The lowest BCUT2D eigenvalue weighted by Crippen LogP contribution is -2.55. The van der Waals surface area contributed by atoms with Crippen molar-refractivity contribution in [1.29, 1.82) is 0 Å². The molecule has 0 aliphatic carbocycles. The summed E-state index contributed by atoms with van der Waals surface area (Å²) in [4.78, 5) is 0. The summed E-state index contributed by atoms with van der Waals surface area (Å²) < 4.78 is 41.5. The predicted octanol–water partition coefficient (Wildman–Crippen LogP) is 1.32. The van der Waals surface area contributed by atoms with Crippen molar-refractivity contribution in [2.45, 2.75) is 31.7 Å². The van der Waals surface area contributed by atoms with Crippen molar-refractivity contribution in [1.82, 2.24) is 5.32 Å². The SMILES string of the molecule is CC(C)(OC1CNC1)C(F)(F)F. The number of hydrogen-bond donors (Lipinski definition) is 1. The van der Waals surface area contributed by atoms with Gasteiger partial charge in [-0.2, -0.15) is 13.2 Å². The van der Waals surface area contributed by atoms with E-state index in [0.29, 0.717) is 13.1 Å². The first kappa shape index (κ1) is 9.80. The Bertz CT molecular complexity index is 163. The predicted molar refractivity (Wildman–Crippen MR) is 37.9 cm³/mol. The van der Waals surface area contributed by atoms with Gasteiger partial charge < -0.3 is 10.1 Å². The van der Waals surface area contributed by atoms with Gasteiger partial charge in [0.05, 0.1) is 6.10 Å². The van der Waals surface area contributed by atoms with Crippen LogP contribution in [-0.2, 0) is 4.74 Å². The average Bonchev–Trinajstić information content (AvgIpc) is 1.76. The van der Waals surface area contributed by atoms with Crippen LogP contribution in [0.3, 0.4) is 0 Å². The highest BCUT2D eigenvalue weighted by Gasteiger charge is 2.50. The van der Waals surface area contributed by atoms with Gasteiger partial charge in [0.2, 0.25) is 0 Å². The van der Waals surface area contributed by atoms with Crippen LogP contribution < -0.4 is 5.32 Å². The van der Waals surface area contributed by atoms with Crippen LogP contribution in [0, 0.1) is 0 Å². The van der Waals surface area contributed by atoms with Crippen LogP contribution in [0.1, 0.15) is 13.8 Å². The van der Waals surface area contributed by atoms with Gasteiger partial charge in [-0.3, -0.25) is 0 Å². The topological polar surface area (TPSA) is 21.3 Å². The smallest absolute Gasteiger partial charge is 0.360 e. The van der Waals surface area contributed by atoms with Crippen molar-refractivity contribution in [3.05, 3.63) is 0 Å². The van der Waals surface area contributed by atoms with Crippen LogP contribution in [-0.4, -0.2) is 31.0 Å². The maximum absolute atomic E-state index is 12.2. The quantitative estimate of drug-likeness (QED) is 0.697. The standard InChI is InChI=1S/C7H12F3NO/c1-6(2,7(8,9)10)12-5-3-11-4-5/h5,11H,3-4H2,1-2H3. The van der Waals surface area contributed by atoms with Crippen molar-refractivity contribution in [3.63, 3.8) is 0 Å². The molecule has 0 aromatic heterocycles. The van der Waals surface area contributed by atoms with E-state index in [2.05, 4.69) is 5.32 Å². The average molecular weight is 183 g/mol. The van der Waals surface area contributed by atoms with Crippen molar-refractivity contribution in [2.24, 2.45) is 0 Å². The number of rotatable bonds is 2. The first-order valence-corrected chi connectivity index (χ1v) is 3.78. The van der Waals surface area contributed by atoms with E-state index in [1.54, 1.807) is 0 Å². The molecule has 2 nitrogen and oxygen atoms in total. The summed E-state index contributed by atoms with van der Waals surface area (Å²) in [6.07, 6.45) is -4.58. The largest absolute Gasteiger partial charge is 0.416 e. The van der Waals surface area contributed by atoms with Crippen molar-refractivity contribution in [2.75, 3.05) is 13.1 Å². The fourth-order valence-corrected chi connectivity index (χ4v) is 0.829. The maximum Gasteiger partial charge on any atom is 0.416 e. The Morgan fingerprint density at radius 2 is 1.75 bits per heavy atom. The van der Waals surface area contributed by atoms with Crippen molar-refractivity contribution >= 4 is 0 Å². The molecule has 0 bridgehead atoms. The molecule has 72 valence electrons. The minimum atomic E-state index is -4.29. The van der Waals surface area contributed by atoms with Gasteiger partial charge in [0.25, 0.3) is 0 Å². The van der Waals surface area contributed by atoms with E-state index >= 15 is 0 Å². The molecule has 1 N–H and O–H groups in total. The Balaban J connectivity index is 2.46. The fraction of sp³-hybridized carbons (Fsp3) is 1.00. The lowest BCUT2D eigenvalue weighted by molar-refractivity contribution is -0.280. The van der Waals surface area contributed by atoms with Gasteiger partial charge >= 0.3 is 6.18 Å². The van der Waals surface area contributed by atoms with Crippen LogP contribution >= 0.6 is 0 Å². The summed E-state index contributed by atoms with van der Waals surface area (Å²) in [5.41, 5.74) is -2.03.